The van der Waals surface area contributed by atoms with Gasteiger partial charge in [0, 0.05) is 6.42 Å². The van der Waals surface area contributed by atoms with Crippen molar-refractivity contribution in [2.45, 2.75) is 18.4 Å². The van der Waals surface area contributed by atoms with E-state index in [0.717, 1.165) is 27.8 Å². The maximum absolute atomic E-state index is 13.2. The second kappa shape index (κ2) is 7.61. The van der Waals surface area contributed by atoms with Crippen molar-refractivity contribution in [2.75, 3.05) is 0 Å². The average Bonchev–Trinajstić information content (AvgIpc) is 3.08. The first-order valence-electron chi connectivity index (χ1n) is 9.35. The SMILES string of the molecule is N#Cc1cccc(C[C@@H](NC(=O)C2c3ccccc3-c3ccccc32)C(N)=O)c1. The van der Waals surface area contributed by atoms with Gasteiger partial charge in [-0.15, -0.1) is 0 Å². The molecule has 0 radical (unpaired) electrons. The van der Waals surface area contributed by atoms with Crippen LogP contribution in [-0.4, -0.2) is 17.9 Å². The van der Waals surface area contributed by atoms with Crippen LogP contribution in [0, 0.1) is 11.3 Å². The summed E-state index contributed by atoms with van der Waals surface area (Å²) < 4.78 is 0. The van der Waals surface area contributed by atoms with E-state index in [1.807, 2.05) is 54.6 Å². The lowest BCUT2D eigenvalue weighted by Gasteiger charge is -2.20. The fourth-order valence-electron chi connectivity index (χ4n) is 3.92. The fourth-order valence-corrected chi connectivity index (χ4v) is 3.92. The number of nitrogens with two attached hydrogens (primary N) is 1. The van der Waals surface area contributed by atoms with Gasteiger partial charge in [0.05, 0.1) is 17.6 Å². The Morgan fingerprint density at radius 3 is 2.17 bits per heavy atom. The lowest BCUT2D eigenvalue weighted by molar-refractivity contribution is -0.127. The Morgan fingerprint density at radius 2 is 1.59 bits per heavy atom. The summed E-state index contributed by atoms with van der Waals surface area (Å²) in [7, 11) is 0. The predicted octanol–water partition coefficient (Wildman–Crippen LogP) is 2.88. The van der Waals surface area contributed by atoms with Gasteiger partial charge in [-0.05, 0) is 39.9 Å². The molecule has 0 heterocycles. The van der Waals surface area contributed by atoms with Crippen molar-refractivity contribution in [2.24, 2.45) is 5.73 Å². The Hall–Kier alpha value is -3.91. The van der Waals surface area contributed by atoms with Gasteiger partial charge in [-0.3, -0.25) is 9.59 Å². The molecule has 3 aromatic rings. The average molecular weight is 381 g/mol. The van der Waals surface area contributed by atoms with Gasteiger partial charge in [-0.2, -0.15) is 5.26 Å². The van der Waals surface area contributed by atoms with Crippen molar-refractivity contribution < 1.29 is 9.59 Å². The quantitative estimate of drug-likeness (QED) is 0.711. The fraction of sp³-hybridized carbons (Fsp3) is 0.125. The molecule has 3 aromatic carbocycles. The Kier molecular flexibility index (Phi) is 4.84. The summed E-state index contributed by atoms with van der Waals surface area (Å²) in [6.07, 6.45) is 0.229. The van der Waals surface area contributed by atoms with Crippen LogP contribution in [0.2, 0.25) is 0 Å². The molecule has 142 valence electrons. The highest BCUT2D eigenvalue weighted by Crippen LogP contribution is 2.44. The Bertz CT molecular complexity index is 1100. The summed E-state index contributed by atoms with van der Waals surface area (Å²) in [5.41, 5.74) is 10.7. The van der Waals surface area contributed by atoms with Gasteiger partial charge in [0.15, 0.2) is 0 Å². The monoisotopic (exact) mass is 381 g/mol. The zero-order valence-electron chi connectivity index (χ0n) is 15.6. The molecule has 5 nitrogen and oxygen atoms in total. The van der Waals surface area contributed by atoms with Crippen molar-refractivity contribution in [3.63, 3.8) is 0 Å². The third-order valence-corrected chi connectivity index (χ3v) is 5.25. The third-order valence-electron chi connectivity index (χ3n) is 5.25. The summed E-state index contributed by atoms with van der Waals surface area (Å²) in [4.78, 5) is 25.3. The summed E-state index contributed by atoms with van der Waals surface area (Å²) in [6, 6.07) is 23.7. The van der Waals surface area contributed by atoms with Crippen molar-refractivity contribution >= 4 is 11.8 Å². The van der Waals surface area contributed by atoms with E-state index in [9.17, 15) is 9.59 Å². The molecule has 0 unspecified atom stereocenters. The lowest BCUT2D eigenvalue weighted by atomic mass is 9.95. The minimum atomic E-state index is -0.864. The van der Waals surface area contributed by atoms with Gasteiger partial charge in [-0.1, -0.05) is 60.7 Å². The van der Waals surface area contributed by atoms with Gasteiger partial charge in [0.2, 0.25) is 11.8 Å². The van der Waals surface area contributed by atoms with E-state index < -0.39 is 17.9 Å². The number of carbonyl (C=O) groups excluding carboxylic acids is 2. The Morgan fingerprint density at radius 1 is 0.966 bits per heavy atom. The molecule has 29 heavy (non-hydrogen) atoms. The van der Waals surface area contributed by atoms with Gasteiger partial charge in [-0.25, -0.2) is 0 Å². The summed E-state index contributed by atoms with van der Waals surface area (Å²) in [5, 5.41) is 11.9. The molecule has 0 spiro atoms. The zero-order chi connectivity index (χ0) is 20.4. The van der Waals surface area contributed by atoms with Crippen LogP contribution in [0.5, 0.6) is 0 Å². The number of fused-ring (bicyclic) bond motifs is 3. The molecule has 0 bridgehead atoms. The molecule has 0 saturated carbocycles. The number of rotatable bonds is 5. The number of nitrogens with one attached hydrogen (secondary N) is 1. The minimum Gasteiger partial charge on any atom is -0.368 e. The van der Waals surface area contributed by atoms with Crippen LogP contribution in [0.3, 0.4) is 0 Å². The largest absolute Gasteiger partial charge is 0.368 e. The summed E-state index contributed by atoms with van der Waals surface area (Å²) in [6.45, 7) is 0. The number of nitriles is 1. The molecular formula is C24H19N3O2. The van der Waals surface area contributed by atoms with E-state index in [4.69, 9.17) is 11.0 Å². The molecule has 4 rings (SSSR count). The molecule has 1 atom stereocenters. The number of carbonyl (C=O) groups is 2. The normalized spacial score (nSPS) is 13.1. The van der Waals surface area contributed by atoms with Crippen LogP contribution in [0.25, 0.3) is 11.1 Å². The Labute approximate surface area is 168 Å². The van der Waals surface area contributed by atoms with Crippen LogP contribution in [0.4, 0.5) is 0 Å². The first-order valence-corrected chi connectivity index (χ1v) is 9.35. The van der Waals surface area contributed by atoms with Gasteiger partial charge in [0.1, 0.15) is 6.04 Å². The number of benzene rings is 3. The number of primary amides is 1. The maximum atomic E-state index is 13.2. The lowest BCUT2D eigenvalue weighted by Crippen LogP contribution is -2.47. The number of amides is 2. The molecule has 3 N–H and O–H groups in total. The van der Waals surface area contributed by atoms with Crippen LogP contribution in [-0.2, 0) is 16.0 Å². The smallest absolute Gasteiger partial charge is 0.240 e. The van der Waals surface area contributed by atoms with E-state index in [2.05, 4.69) is 11.4 Å². The van der Waals surface area contributed by atoms with Gasteiger partial charge in [0.25, 0.3) is 0 Å². The molecule has 1 aliphatic rings. The number of hydrogen-bond donors (Lipinski definition) is 2. The van der Waals surface area contributed by atoms with Crippen molar-refractivity contribution in [1.82, 2.24) is 5.32 Å². The zero-order valence-corrected chi connectivity index (χ0v) is 15.6. The molecule has 0 aliphatic heterocycles. The van der Waals surface area contributed by atoms with Crippen LogP contribution in [0.1, 0.15) is 28.2 Å². The molecule has 0 fully saturated rings. The topological polar surface area (TPSA) is 96.0 Å². The van der Waals surface area contributed by atoms with Crippen molar-refractivity contribution in [3.8, 4) is 17.2 Å². The molecule has 0 saturated heterocycles. The molecule has 2 amide bonds. The first-order chi connectivity index (χ1) is 14.1. The van der Waals surface area contributed by atoms with E-state index in [0.29, 0.717) is 5.56 Å². The highest BCUT2D eigenvalue weighted by molar-refractivity contribution is 5.98. The first kappa shape index (κ1) is 18.5. The molecular weight excluding hydrogens is 362 g/mol. The predicted molar refractivity (Wildman–Crippen MR) is 110 cm³/mol. The number of nitrogens with zero attached hydrogens (tertiary/aromatic N) is 1. The van der Waals surface area contributed by atoms with Crippen LogP contribution in [0.15, 0.2) is 72.8 Å². The molecule has 0 aromatic heterocycles. The number of hydrogen-bond acceptors (Lipinski definition) is 3. The van der Waals surface area contributed by atoms with E-state index in [-0.39, 0.29) is 12.3 Å². The van der Waals surface area contributed by atoms with Gasteiger partial charge >= 0.3 is 0 Å². The van der Waals surface area contributed by atoms with Crippen molar-refractivity contribution in [1.29, 1.82) is 5.26 Å². The van der Waals surface area contributed by atoms with Crippen LogP contribution < -0.4 is 11.1 Å². The second-order valence-corrected chi connectivity index (χ2v) is 7.09. The second-order valence-electron chi connectivity index (χ2n) is 7.09. The Balaban J connectivity index is 1.62. The minimum absolute atomic E-state index is 0.229. The van der Waals surface area contributed by atoms with E-state index in [1.54, 1.807) is 18.2 Å². The summed E-state index contributed by atoms with van der Waals surface area (Å²) in [5.74, 6) is -1.36. The highest BCUT2D eigenvalue weighted by Gasteiger charge is 2.34. The van der Waals surface area contributed by atoms with Crippen molar-refractivity contribution in [3.05, 3.63) is 95.1 Å². The summed E-state index contributed by atoms with van der Waals surface area (Å²) >= 11 is 0. The van der Waals surface area contributed by atoms with E-state index >= 15 is 0 Å². The third kappa shape index (κ3) is 3.48. The van der Waals surface area contributed by atoms with Crippen LogP contribution >= 0.6 is 0 Å². The maximum Gasteiger partial charge on any atom is 0.240 e. The molecule has 1 aliphatic carbocycles. The van der Waals surface area contributed by atoms with E-state index in [1.165, 1.54) is 0 Å². The highest BCUT2D eigenvalue weighted by atomic mass is 16.2. The standard InChI is InChI=1S/C24H19N3O2/c25-14-16-7-5-6-15(12-16)13-21(23(26)28)27-24(29)22-19-10-3-1-8-17(19)18-9-2-4-11-20(18)22/h1-12,21-22H,13H2,(H2,26,28)(H,27,29)/t21-/m1/s1. The van der Waals surface area contributed by atoms with Gasteiger partial charge < -0.3 is 11.1 Å². The molecule has 5 heteroatoms.